The third kappa shape index (κ3) is 4.01. The van der Waals surface area contributed by atoms with Crippen molar-refractivity contribution in [3.63, 3.8) is 0 Å². The fourth-order valence-electron chi connectivity index (χ4n) is 2.33. The van der Waals surface area contributed by atoms with Crippen LogP contribution in [0.3, 0.4) is 0 Å². The summed E-state index contributed by atoms with van der Waals surface area (Å²) in [5.74, 6) is 0. The van der Waals surface area contributed by atoms with E-state index in [-0.39, 0.29) is 11.6 Å². The summed E-state index contributed by atoms with van der Waals surface area (Å²) in [4.78, 5) is 4.76. The van der Waals surface area contributed by atoms with Crippen LogP contribution in [0.2, 0.25) is 0 Å². The zero-order valence-corrected chi connectivity index (χ0v) is 13.6. The van der Waals surface area contributed by atoms with Gasteiger partial charge in [-0.2, -0.15) is 0 Å². The molecule has 0 saturated carbocycles. The molecule has 1 heterocycles. The third-order valence-corrected chi connectivity index (χ3v) is 4.77. The average molecular weight is 284 g/mol. The van der Waals surface area contributed by atoms with Crippen molar-refractivity contribution in [1.82, 2.24) is 4.98 Å². The molecule has 2 N–H and O–H groups in total. The van der Waals surface area contributed by atoms with Gasteiger partial charge in [-0.05, 0) is 26.2 Å². The fourth-order valence-corrected chi connectivity index (χ4v) is 3.51. The summed E-state index contributed by atoms with van der Waals surface area (Å²) in [6.45, 7) is 9.28. The van der Waals surface area contributed by atoms with Gasteiger partial charge < -0.3 is 10.5 Å². The predicted molar refractivity (Wildman–Crippen MR) is 82.5 cm³/mol. The van der Waals surface area contributed by atoms with Gasteiger partial charge in [0, 0.05) is 18.0 Å². The van der Waals surface area contributed by atoms with E-state index in [1.807, 2.05) is 6.92 Å². The lowest BCUT2D eigenvalue weighted by Crippen LogP contribution is -2.28. The number of ether oxygens (including phenoxy) is 1. The molecule has 1 aromatic heterocycles. The highest BCUT2D eigenvalue weighted by atomic mass is 32.1. The van der Waals surface area contributed by atoms with E-state index < -0.39 is 0 Å². The quantitative estimate of drug-likeness (QED) is 0.732. The van der Waals surface area contributed by atoms with Crippen molar-refractivity contribution in [3.05, 3.63) is 16.1 Å². The van der Waals surface area contributed by atoms with E-state index in [9.17, 15) is 0 Å². The summed E-state index contributed by atoms with van der Waals surface area (Å²) < 4.78 is 6.00. The topological polar surface area (TPSA) is 48.1 Å². The van der Waals surface area contributed by atoms with Crippen LogP contribution in [0.25, 0.3) is 0 Å². The van der Waals surface area contributed by atoms with Crippen molar-refractivity contribution in [1.29, 1.82) is 0 Å². The molecule has 0 saturated heterocycles. The molecule has 0 bridgehead atoms. The Bertz CT molecular complexity index is 361. The van der Waals surface area contributed by atoms with Gasteiger partial charge in [0.05, 0.1) is 5.69 Å². The van der Waals surface area contributed by atoms with Gasteiger partial charge in [-0.1, -0.05) is 33.6 Å². The van der Waals surface area contributed by atoms with Gasteiger partial charge in [0.25, 0.3) is 0 Å². The molecule has 110 valence electrons. The van der Waals surface area contributed by atoms with Crippen molar-refractivity contribution >= 4 is 11.3 Å². The van der Waals surface area contributed by atoms with Gasteiger partial charge >= 0.3 is 0 Å². The first-order chi connectivity index (χ1) is 9.13. The molecule has 19 heavy (non-hydrogen) atoms. The lowest BCUT2D eigenvalue weighted by Gasteiger charge is -2.29. The number of thiazole rings is 1. The SMILES string of the molecule is CCCCC(N)c1csc(C(CC)(CC)OCC)n1. The molecule has 4 heteroatoms. The largest absolute Gasteiger partial charge is 0.368 e. The average Bonchev–Trinajstić information content (AvgIpc) is 2.92. The molecule has 0 radical (unpaired) electrons. The molecule has 3 nitrogen and oxygen atoms in total. The Labute approximate surface area is 121 Å². The van der Waals surface area contributed by atoms with E-state index >= 15 is 0 Å². The van der Waals surface area contributed by atoms with Crippen molar-refractivity contribution in [3.8, 4) is 0 Å². The van der Waals surface area contributed by atoms with Crippen LogP contribution in [-0.4, -0.2) is 11.6 Å². The molecule has 0 aliphatic carbocycles. The van der Waals surface area contributed by atoms with Gasteiger partial charge in [0.15, 0.2) is 0 Å². The molecule has 1 aromatic rings. The van der Waals surface area contributed by atoms with Gasteiger partial charge in [0.2, 0.25) is 0 Å². The van der Waals surface area contributed by atoms with Crippen LogP contribution in [-0.2, 0) is 10.3 Å². The second-order valence-corrected chi connectivity index (χ2v) is 5.82. The number of hydrogen-bond donors (Lipinski definition) is 1. The highest BCUT2D eigenvalue weighted by Crippen LogP contribution is 2.36. The van der Waals surface area contributed by atoms with Crippen LogP contribution in [0, 0.1) is 0 Å². The first-order valence-corrected chi connectivity index (χ1v) is 8.36. The predicted octanol–water partition coefficient (Wildman–Crippen LogP) is 4.38. The second kappa shape index (κ2) is 7.98. The summed E-state index contributed by atoms with van der Waals surface area (Å²) in [7, 11) is 0. The fraction of sp³-hybridized carbons (Fsp3) is 0.800. The van der Waals surface area contributed by atoms with Gasteiger partial charge in [-0.25, -0.2) is 4.98 Å². The Morgan fingerprint density at radius 2 is 2.00 bits per heavy atom. The van der Waals surface area contributed by atoms with Gasteiger partial charge in [-0.15, -0.1) is 11.3 Å². The summed E-state index contributed by atoms with van der Waals surface area (Å²) in [6.07, 6.45) is 5.26. The minimum Gasteiger partial charge on any atom is -0.368 e. The molecule has 1 atom stereocenters. The minimum absolute atomic E-state index is 0.0676. The number of unbranched alkanes of at least 4 members (excludes halogenated alkanes) is 1. The van der Waals surface area contributed by atoms with Crippen LogP contribution in [0.15, 0.2) is 5.38 Å². The third-order valence-electron chi connectivity index (χ3n) is 3.72. The maximum Gasteiger partial charge on any atom is 0.125 e. The Kier molecular flexibility index (Phi) is 6.97. The Balaban J connectivity index is 2.86. The molecule has 0 aliphatic rings. The maximum atomic E-state index is 6.20. The van der Waals surface area contributed by atoms with Crippen molar-refractivity contribution in [2.24, 2.45) is 5.73 Å². The van der Waals surface area contributed by atoms with Crippen LogP contribution in [0.1, 0.15) is 76.5 Å². The highest BCUT2D eigenvalue weighted by molar-refractivity contribution is 7.09. The van der Waals surface area contributed by atoms with Crippen LogP contribution >= 0.6 is 11.3 Å². The molecule has 0 amide bonds. The molecule has 1 unspecified atom stereocenters. The smallest absolute Gasteiger partial charge is 0.125 e. The van der Waals surface area contributed by atoms with Gasteiger partial charge in [0.1, 0.15) is 10.6 Å². The van der Waals surface area contributed by atoms with Crippen LogP contribution < -0.4 is 5.73 Å². The van der Waals surface area contributed by atoms with Crippen LogP contribution in [0.5, 0.6) is 0 Å². The molecular weight excluding hydrogens is 256 g/mol. The summed E-state index contributed by atoms with van der Waals surface area (Å²) in [5, 5.41) is 3.19. The van der Waals surface area contributed by atoms with E-state index in [1.54, 1.807) is 11.3 Å². The zero-order valence-electron chi connectivity index (χ0n) is 12.7. The molecule has 0 aliphatic heterocycles. The van der Waals surface area contributed by atoms with Crippen molar-refractivity contribution in [2.75, 3.05) is 6.61 Å². The number of aromatic nitrogens is 1. The zero-order chi connectivity index (χ0) is 14.3. The van der Waals surface area contributed by atoms with Gasteiger partial charge in [-0.3, -0.25) is 0 Å². The number of nitrogens with zero attached hydrogens (tertiary/aromatic N) is 1. The first-order valence-electron chi connectivity index (χ1n) is 7.48. The standard InChI is InChI=1S/C15H28N2OS/c1-5-9-10-12(16)13-11-19-14(17-13)15(6-2,7-3)18-8-4/h11-12H,5-10,16H2,1-4H3. The highest BCUT2D eigenvalue weighted by Gasteiger charge is 2.32. The maximum absolute atomic E-state index is 6.20. The van der Waals surface area contributed by atoms with E-state index in [4.69, 9.17) is 15.5 Å². The van der Waals surface area contributed by atoms with E-state index in [0.717, 1.165) is 43.0 Å². The molecular formula is C15H28N2OS. The molecule has 0 spiro atoms. The van der Waals surface area contributed by atoms with E-state index in [0.29, 0.717) is 0 Å². The van der Waals surface area contributed by atoms with Crippen molar-refractivity contribution < 1.29 is 4.74 Å². The van der Waals surface area contributed by atoms with Crippen molar-refractivity contribution in [2.45, 2.75) is 71.4 Å². The number of nitrogens with two attached hydrogens (primary N) is 1. The summed E-state index contributed by atoms with van der Waals surface area (Å²) in [5.41, 5.74) is 7.01. The molecule has 0 aromatic carbocycles. The second-order valence-electron chi connectivity index (χ2n) is 4.96. The summed E-state index contributed by atoms with van der Waals surface area (Å²) in [6, 6.07) is 0.0676. The first kappa shape index (κ1) is 16.6. The van der Waals surface area contributed by atoms with Crippen LogP contribution in [0.4, 0.5) is 0 Å². The minimum atomic E-state index is -0.220. The molecule has 0 fully saturated rings. The lowest BCUT2D eigenvalue weighted by atomic mass is 9.98. The Morgan fingerprint density at radius 3 is 2.53 bits per heavy atom. The lowest BCUT2D eigenvalue weighted by molar-refractivity contribution is -0.0507. The van der Waals surface area contributed by atoms with E-state index in [1.165, 1.54) is 6.42 Å². The summed E-state index contributed by atoms with van der Waals surface area (Å²) >= 11 is 1.69. The normalized spacial score (nSPS) is 13.7. The number of rotatable bonds is 9. The van der Waals surface area contributed by atoms with E-state index in [2.05, 4.69) is 26.2 Å². The Morgan fingerprint density at radius 1 is 1.32 bits per heavy atom. The Hall–Kier alpha value is -0.450. The molecule has 1 rings (SSSR count). The monoisotopic (exact) mass is 284 g/mol. The number of hydrogen-bond acceptors (Lipinski definition) is 4.